The van der Waals surface area contributed by atoms with Crippen LogP contribution in [0.25, 0.3) is 0 Å². The van der Waals surface area contributed by atoms with Crippen molar-refractivity contribution in [1.82, 2.24) is 4.90 Å². The third-order valence-corrected chi connectivity index (χ3v) is 3.86. The Balaban J connectivity index is 2.17. The first-order chi connectivity index (χ1) is 7.99. The third-order valence-electron chi connectivity index (χ3n) is 3.86. The molecule has 1 fully saturated rings. The molecule has 2 rings (SSSR count). The maximum absolute atomic E-state index is 5.98. The number of nitrogens with two attached hydrogens (primary N) is 1. The fourth-order valence-corrected chi connectivity index (χ4v) is 2.66. The van der Waals surface area contributed by atoms with Crippen molar-refractivity contribution in [1.29, 1.82) is 0 Å². The number of aryl methyl sites for hydroxylation is 1. The van der Waals surface area contributed by atoms with Crippen molar-refractivity contribution in [3.8, 4) is 0 Å². The standard InChI is InChI=1S/C14H23N3/c1-10-5-6-12(7-13(10)15)17-8-11(2)14(9-17)16(3)4/h5-7,11,14H,8-9,15H2,1-4H3. The van der Waals surface area contributed by atoms with Crippen LogP contribution in [-0.2, 0) is 0 Å². The average Bonchev–Trinajstić information content (AvgIpc) is 2.64. The molecular weight excluding hydrogens is 210 g/mol. The van der Waals surface area contributed by atoms with Crippen LogP contribution in [0.4, 0.5) is 11.4 Å². The van der Waals surface area contributed by atoms with E-state index in [-0.39, 0.29) is 0 Å². The summed E-state index contributed by atoms with van der Waals surface area (Å²) < 4.78 is 0. The highest BCUT2D eigenvalue weighted by Crippen LogP contribution is 2.28. The molecule has 2 atom stereocenters. The summed E-state index contributed by atoms with van der Waals surface area (Å²) >= 11 is 0. The topological polar surface area (TPSA) is 32.5 Å². The van der Waals surface area contributed by atoms with Gasteiger partial charge in [-0.25, -0.2) is 0 Å². The van der Waals surface area contributed by atoms with Gasteiger partial charge in [0, 0.05) is 30.5 Å². The second-order valence-electron chi connectivity index (χ2n) is 5.45. The molecule has 3 nitrogen and oxygen atoms in total. The summed E-state index contributed by atoms with van der Waals surface area (Å²) in [6, 6.07) is 7.02. The molecule has 0 saturated carbocycles. The van der Waals surface area contributed by atoms with Crippen LogP contribution in [0.1, 0.15) is 12.5 Å². The Morgan fingerprint density at radius 3 is 2.53 bits per heavy atom. The number of rotatable bonds is 2. The lowest BCUT2D eigenvalue weighted by atomic mass is 10.1. The number of anilines is 2. The molecule has 94 valence electrons. The van der Waals surface area contributed by atoms with Gasteiger partial charge in [-0.05, 0) is 44.6 Å². The van der Waals surface area contributed by atoms with Gasteiger partial charge in [-0.2, -0.15) is 0 Å². The Labute approximate surface area is 104 Å². The highest BCUT2D eigenvalue weighted by molar-refractivity contribution is 5.60. The van der Waals surface area contributed by atoms with Crippen molar-refractivity contribution in [2.45, 2.75) is 19.9 Å². The molecule has 1 aromatic rings. The van der Waals surface area contributed by atoms with Gasteiger partial charge in [-0.3, -0.25) is 0 Å². The summed E-state index contributed by atoms with van der Waals surface area (Å²) in [6.07, 6.45) is 0. The Morgan fingerprint density at radius 1 is 1.29 bits per heavy atom. The number of nitrogen functional groups attached to an aromatic ring is 1. The first kappa shape index (κ1) is 12.2. The fraction of sp³-hybridized carbons (Fsp3) is 0.571. The highest BCUT2D eigenvalue weighted by atomic mass is 15.2. The first-order valence-electron chi connectivity index (χ1n) is 6.26. The van der Waals surface area contributed by atoms with Crippen LogP contribution in [0.2, 0.25) is 0 Å². The Hall–Kier alpha value is -1.22. The van der Waals surface area contributed by atoms with E-state index in [1.807, 2.05) is 6.92 Å². The molecule has 0 radical (unpaired) electrons. The van der Waals surface area contributed by atoms with Gasteiger partial charge in [-0.15, -0.1) is 0 Å². The molecule has 1 heterocycles. The van der Waals surface area contributed by atoms with Crippen LogP contribution in [0.5, 0.6) is 0 Å². The zero-order valence-electron chi connectivity index (χ0n) is 11.3. The predicted octanol–water partition coefficient (Wildman–Crippen LogP) is 1.96. The Morgan fingerprint density at radius 2 is 2.00 bits per heavy atom. The van der Waals surface area contributed by atoms with Gasteiger partial charge in [-0.1, -0.05) is 13.0 Å². The summed E-state index contributed by atoms with van der Waals surface area (Å²) in [5.41, 5.74) is 9.28. The van der Waals surface area contributed by atoms with Crippen LogP contribution in [0.3, 0.4) is 0 Å². The minimum Gasteiger partial charge on any atom is -0.398 e. The minimum atomic E-state index is 0.637. The van der Waals surface area contributed by atoms with E-state index >= 15 is 0 Å². The van der Waals surface area contributed by atoms with E-state index < -0.39 is 0 Å². The molecule has 0 spiro atoms. The van der Waals surface area contributed by atoms with Crippen molar-refractivity contribution in [2.75, 3.05) is 37.8 Å². The van der Waals surface area contributed by atoms with Crippen LogP contribution in [0, 0.1) is 12.8 Å². The smallest absolute Gasteiger partial charge is 0.0387 e. The molecule has 1 aliphatic rings. The molecule has 17 heavy (non-hydrogen) atoms. The predicted molar refractivity (Wildman–Crippen MR) is 74.4 cm³/mol. The number of hydrogen-bond acceptors (Lipinski definition) is 3. The zero-order chi connectivity index (χ0) is 12.6. The first-order valence-corrected chi connectivity index (χ1v) is 6.26. The summed E-state index contributed by atoms with van der Waals surface area (Å²) in [5.74, 6) is 0.701. The van der Waals surface area contributed by atoms with Gasteiger partial charge in [0.25, 0.3) is 0 Å². The molecule has 3 heteroatoms. The molecule has 1 saturated heterocycles. The second-order valence-corrected chi connectivity index (χ2v) is 5.45. The largest absolute Gasteiger partial charge is 0.398 e. The fourth-order valence-electron chi connectivity index (χ4n) is 2.66. The van der Waals surface area contributed by atoms with Crippen molar-refractivity contribution in [3.05, 3.63) is 23.8 Å². The normalized spacial score (nSPS) is 24.6. The minimum absolute atomic E-state index is 0.637. The third kappa shape index (κ3) is 2.39. The van der Waals surface area contributed by atoms with Gasteiger partial charge < -0.3 is 15.5 Å². The van der Waals surface area contributed by atoms with Gasteiger partial charge in [0.15, 0.2) is 0 Å². The highest BCUT2D eigenvalue weighted by Gasteiger charge is 2.31. The van der Waals surface area contributed by atoms with E-state index in [1.54, 1.807) is 0 Å². The molecular formula is C14H23N3. The number of benzene rings is 1. The van der Waals surface area contributed by atoms with E-state index in [2.05, 4.69) is 49.0 Å². The monoisotopic (exact) mass is 233 g/mol. The molecule has 0 aromatic heterocycles. The average molecular weight is 233 g/mol. The molecule has 2 N–H and O–H groups in total. The van der Waals surface area contributed by atoms with Crippen LogP contribution in [0.15, 0.2) is 18.2 Å². The van der Waals surface area contributed by atoms with Crippen LogP contribution < -0.4 is 10.6 Å². The van der Waals surface area contributed by atoms with E-state index in [4.69, 9.17) is 5.73 Å². The molecule has 0 bridgehead atoms. The maximum atomic E-state index is 5.98. The SMILES string of the molecule is Cc1ccc(N2CC(C)C(N(C)C)C2)cc1N. The molecule has 2 unspecified atom stereocenters. The van der Waals surface area contributed by atoms with E-state index in [1.165, 1.54) is 5.69 Å². The Bertz CT molecular complexity index is 400. The number of hydrogen-bond donors (Lipinski definition) is 1. The van der Waals surface area contributed by atoms with Crippen molar-refractivity contribution < 1.29 is 0 Å². The zero-order valence-corrected chi connectivity index (χ0v) is 11.3. The lowest BCUT2D eigenvalue weighted by molar-refractivity contribution is 0.266. The Kier molecular flexibility index (Phi) is 3.29. The van der Waals surface area contributed by atoms with Crippen molar-refractivity contribution in [3.63, 3.8) is 0 Å². The van der Waals surface area contributed by atoms with Gasteiger partial charge in [0.05, 0.1) is 0 Å². The van der Waals surface area contributed by atoms with E-state index in [0.717, 1.165) is 24.3 Å². The van der Waals surface area contributed by atoms with Crippen LogP contribution in [-0.4, -0.2) is 38.1 Å². The number of likely N-dealkylation sites (N-methyl/N-ethyl adjacent to an activating group) is 1. The molecule has 0 amide bonds. The summed E-state index contributed by atoms with van der Waals surface area (Å²) in [6.45, 7) is 6.58. The lowest BCUT2D eigenvalue weighted by Crippen LogP contribution is -2.34. The van der Waals surface area contributed by atoms with Crippen LogP contribution >= 0.6 is 0 Å². The molecule has 1 aromatic carbocycles. The van der Waals surface area contributed by atoms with Gasteiger partial charge >= 0.3 is 0 Å². The quantitative estimate of drug-likeness (QED) is 0.793. The summed E-state index contributed by atoms with van der Waals surface area (Å²) in [4.78, 5) is 4.76. The van der Waals surface area contributed by atoms with E-state index in [0.29, 0.717) is 12.0 Å². The van der Waals surface area contributed by atoms with Gasteiger partial charge in [0.1, 0.15) is 0 Å². The van der Waals surface area contributed by atoms with E-state index in [9.17, 15) is 0 Å². The summed E-state index contributed by atoms with van der Waals surface area (Å²) in [5, 5.41) is 0. The maximum Gasteiger partial charge on any atom is 0.0387 e. The lowest BCUT2D eigenvalue weighted by Gasteiger charge is -2.23. The van der Waals surface area contributed by atoms with Crippen molar-refractivity contribution in [2.24, 2.45) is 5.92 Å². The molecule has 0 aliphatic carbocycles. The summed E-state index contributed by atoms with van der Waals surface area (Å²) in [7, 11) is 4.32. The van der Waals surface area contributed by atoms with Crippen molar-refractivity contribution >= 4 is 11.4 Å². The van der Waals surface area contributed by atoms with Gasteiger partial charge in [0.2, 0.25) is 0 Å². The molecule has 1 aliphatic heterocycles. The second kappa shape index (κ2) is 4.57. The number of nitrogens with zero attached hydrogens (tertiary/aromatic N) is 2.